The second-order valence-electron chi connectivity index (χ2n) is 8.45. The van der Waals surface area contributed by atoms with Gasteiger partial charge in [0.25, 0.3) is 0 Å². The minimum atomic E-state index is 0.203. The molecule has 7 nitrogen and oxygen atoms in total. The van der Waals surface area contributed by atoms with Crippen molar-refractivity contribution >= 4 is 23.6 Å². The molecule has 0 radical (unpaired) electrons. The van der Waals surface area contributed by atoms with E-state index >= 15 is 0 Å². The number of carbonyl (C=O) groups is 1. The Labute approximate surface area is 179 Å². The summed E-state index contributed by atoms with van der Waals surface area (Å²) >= 11 is 1.95. The van der Waals surface area contributed by atoms with Crippen LogP contribution in [-0.2, 0) is 17.9 Å². The van der Waals surface area contributed by atoms with Gasteiger partial charge >= 0.3 is 0 Å². The molecule has 2 fully saturated rings. The number of nitrogens with zero attached hydrogens (tertiary/aromatic N) is 4. The van der Waals surface area contributed by atoms with Crippen LogP contribution >= 0.6 is 11.8 Å². The first kappa shape index (κ1) is 22.0. The van der Waals surface area contributed by atoms with E-state index in [-0.39, 0.29) is 5.92 Å². The van der Waals surface area contributed by atoms with Crippen molar-refractivity contribution in [1.29, 1.82) is 0 Å². The zero-order valence-corrected chi connectivity index (χ0v) is 18.9. The number of thioether (sulfide) groups is 1. The van der Waals surface area contributed by atoms with Crippen LogP contribution in [0.5, 0.6) is 0 Å². The van der Waals surface area contributed by atoms with Gasteiger partial charge in [0, 0.05) is 62.5 Å². The van der Waals surface area contributed by atoms with Crippen molar-refractivity contribution in [2.75, 3.05) is 31.6 Å². The van der Waals surface area contributed by atoms with Gasteiger partial charge in [0.2, 0.25) is 5.91 Å². The number of rotatable bonds is 6. The van der Waals surface area contributed by atoms with E-state index in [9.17, 15) is 4.79 Å². The lowest BCUT2D eigenvalue weighted by molar-refractivity contribution is -0.136. The minimum Gasteiger partial charge on any atom is -0.354 e. The summed E-state index contributed by atoms with van der Waals surface area (Å²) in [5, 5.41) is 6.94. The number of nitrogens with one attached hydrogen (secondary N) is 2. The summed E-state index contributed by atoms with van der Waals surface area (Å²) in [6.07, 6.45) is 7.86. The van der Waals surface area contributed by atoms with Crippen LogP contribution in [-0.4, -0.2) is 64.0 Å². The Morgan fingerprint density at radius 2 is 2.00 bits per heavy atom. The number of carbonyl (C=O) groups excluding carboxylic acids is 1. The SMILES string of the molecule is CN=C(NCc1nccn1CC(C)C)NC1CCC(C(=O)N2CCSCC2)CC1. The molecule has 3 rings (SSSR count). The zero-order valence-electron chi connectivity index (χ0n) is 18.1. The van der Waals surface area contributed by atoms with Crippen LogP contribution in [0.2, 0.25) is 0 Å². The fraction of sp³-hybridized carbons (Fsp3) is 0.762. The van der Waals surface area contributed by atoms with E-state index in [1.165, 1.54) is 0 Å². The average molecular weight is 421 g/mol. The first-order valence-corrected chi connectivity index (χ1v) is 12.1. The molecule has 1 aliphatic heterocycles. The quantitative estimate of drug-likeness (QED) is 0.546. The predicted octanol–water partition coefficient (Wildman–Crippen LogP) is 2.34. The van der Waals surface area contributed by atoms with E-state index in [1.54, 1.807) is 7.05 Å². The number of guanidine groups is 1. The highest BCUT2D eigenvalue weighted by molar-refractivity contribution is 7.99. The molecule has 1 aromatic heterocycles. The van der Waals surface area contributed by atoms with Gasteiger partial charge < -0.3 is 20.1 Å². The Balaban J connectivity index is 1.43. The van der Waals surface area contributed by atoms with E-state index in [0.717, 1.165) is 68.6 Å². The standard InChI is InChI=1S/C21H36N6OS/c1-16(2)15-27-9-8-23-19(27)14-24-21(22-3)25-18-6-4-17(5-7-18)20(28)26-10-12-29-13-11-26/h8-9,16-18H,4-7,10-15H2,1-3H3,(H2,22,24,25). The second kappa shape index (κ2) is 10.9. The molecule has 1 saturated heterocycles. The molecule has 0 unspecified atom stereocenters. The lowest BCUT2D eigenvalue weighted by Gasteiger charge is -2.34. The fourth-order valence-electron chi connectivity index (χ4n) is 4.14. The predicted molar refractivity (Wildman–Crippen MR) is 120 cm³/mol. The van der Waals surface area contributed by atoms with Crippen LogP contribution < -0.4 is 10.6 Å². The molecule has 2 N–H and O–H groups in total. The summed E-state index contributed by atoms with van der Waals surface area (Å²) in [6.45, 7) is 7.89. The highest BCUT2D eigenvalue weighted by Crippen LogP contribution is 2.27. The Morgan fingerprint density at radius 1 is 1.28 bits per heavy atom. The number of amides is 1. The van der Waals surface area contributed by atoms with Crippen LogP contribution in [0.4, 0.5) is 0 Å². The maximum Gasteiger partial charge on any atom is 0.225 e. The van der Waals surface area contributed by atoms with Crippen molar-refractivity contribution in [3.8, 4) is 0 Å². The van der Waals surface area contributed by atoms with Gasteiger partial charge in [0.15, 0.2) is 5.96 Å². The van der Waals surface area contributed by atoms with Crippen molar-refractivity contribution < 1.29 is 4.79 Å². The molecule has 0 spiro atoms. The van der Waals surface area contributed by atoms with E-state index in [1.807, 2.05) is 24.2 Å². The minimum absolute atomic E-state index is 0.203. The highest BCUT2D eigenvalue weighted by Gasteiger charge is 2.30. The van der Waals surface area contributed by atoms with E-state index in [0.29, 0.717) is 24.4 Å². The third kappa shape index (κ3) is 6.39. The van der Waals surface area contributed by atoms with Gasteiger partial charge in [-0.2, -0.15) is 11.8 Å². The molecular weight excluding hydrogens is 384 g/mol. The van der Waals surface area contributed by atoms with Crippen LogP contribution in [0.3, 0.4) is 0 Å². The lowest BCUT2D eigenvalue weighted by atomic mass is 9.85. The van der Waals surface area contributed by atoms with Crippen LogP contribution in [0.1, 0.15) is 45.4 Å². The van der Waals surface area contributed by atoms with Gasteiger partial charge in [-0.3, -0.25) is 9.79 Å². The van der Waals surface area contributed by atoms with Crippen LogP contribution in [0.25, 0.3) is 0 Å². The van der Waals surface area contributed by atoms with Crippen molar-refractivity contribution in [1.82, 2.24) is 25.1 Å². The van der Waals surface area contributed by atoms with Crippen LogP contribution in [0, 0.1) is 11.8 Å². The topological polar surface area (TPSA) is 74.5 Å². The summed E-state index contributed by atoms with van der Waals surface area (Å²) in [7, 11) is 1.81. The first-order chi connectivity index (χ1) is 14.1. The molecule has 1 aliphatic carbocycles. The molecular formula is C21H36N6OS. The second-order valence-corrected chi connectivity index (χ2v) is 9.67. The summed E-state index contributed by atoms with van der Waals surface area (Å²) in [6, 6.07) is 0.373. The van der Waals surface area contributed by atoms with Crippen molar-refractivity contribution in [3.05, 3.63) is 18.2 Å². The maximum atomic E-state index is 12.7. The average Bonchev–Trinajstić information content (AvgIpc) is 3.18. The first-order valence-electron chi connectivity index (χ1n) is 10.9. The van der Waals surface area contributed by atoms with E-state index in [4.69, 9.17) is 0 Å². The molecule has 1 amide bonds. The van der Waals surface area contributed by atoms with Gasteiger partial charge in [0.1, 0.15) is 5.82 Å². The highest BCUT2D eigenvalue weighted by atomic mass is 32.2. The number of hydrogen-bond donors (Lipinski definition) is 2. The monoisotopic (exact) mass is 420 g/mol. The van der Waals surface area contributed by atoms with Gasteiger partial charge in [-0.05, 0) is 31.6 Å². The maximum absolute atomic E-state index is 12.7. The fourth-order valence-corrected chi connectivity index (χ4v) is 5.05. The Kier molecular flexibility index (Phi) is 8.27. The molecule has 1 aromatic rings. The molecule has 2 aliphatic rings. The Hall–Kier alpha value is -1.70. The Morgan fingerprint density at radius 3 is 2.66 bits per heavy atom. The molecule has 2 heterocycles. The third-order valence-corrected chi connectivity index (χ3v) is 6.68. The van der Waals surface area contributed by atoms with Crippen molar-refractivity contribution in [3.63, 3.8) is 0 Å². The number of aliphatic imine (C=N–C) groups is 1. The summed E-state index contributed by atoms with van der Waals surface area (Å²) in [5.41, 5.74) is 0. The summed E-state index contributed by atoms with van der Waals surface area (Å²) in [4.78, 5) is 23.7. The Bertz CT molecular complexity index is 674. The number of aromatic nitrogens is 2. The summed E-state index contributed by atoms with van der Waals surface area (Å²) < 4.78 is 2.20. The molecule has 1 saturated carbocycles. The molecule has 29 heavy (non-hydrogen) atoms. The molecule has 8 heteroatoms. The third-order valence-electron chi connectivity index (χ3n) is 5.74. The lowest BCUT2D eigenvalue weighted by Crippen LogP contribution is -2.47. The zero-order chi connectivity index (χ0) is 20.6. The largest absolute Gasteiger partial charge is 0.354 e. The van der Waals surface area contributed by atoms with E-state index < -0.39 is 0 Å². The van der Waals surface area contributed by atoms with Crippen molar-refractivity contribution in [2.45, 2.75) is 58.7 Å². The smallest absolute Gasteiger partial charge is 0.225 e. The molecule has 0 aromatic carbocycles. The van der Waals surface area contributed by atoms with E-state index in [2.05, 4.69) is 43.9 Å². The number of hydrogen-bond acceptors (Lipinski definition) is 4. The van der Waals surface area contributed by atoms with Gasteiger partial charge in [-0.15, -0.1) is 0 Å². The van der Waals surface area contributed by atoms with Gasteiger partial charge in [0.05, 0.1) is 6.54 Å². The van der Waals surface area contributed by atoms with Crippen molar-refractivity contribution in [2.24, 2.45) is 16.8 Å². The molecule has 0 atom stereocenters. The normalized spacial score (nSPS) is 23.3. The molecule has 162 valence electrons. The van der Waals surface area contributed by atoms with Gasteiger partial charge in [-0.25, -0.2) is 4.98 Å². The molecule has 0 bridgehead atoms. The number of imidazole rings is 1. The summed E-state index contributed by atoms with van der Waals surface area (Å²) in [5.74, 6) is 5.17. The van der Waals surface area contributed by atoms with Crippen LogP contribution in [0.15, 0.2) is 17.4 Å². The van der Waals surface area contributed by atoms with Gasteiger partial charge in [-0.1, -0.05) is 13.8 Å².